The first kappa shape index (κ1) is 35.6. The van der Waals surface area contributed by atoms with Crippen LogP contribution >= 0.6 is 0 Å². The molecular weight excluding hydrogens is 559 g/mol. The number of amidine groups is 1. The van der Waals surface area contributed by atoms with Gasteiger partial charge in [0.05, 0.1) is 11.1 Å². The average molecular weight is 606 g/mol. The minimum atomic E-state index is -4.81. The van der Waals surface area contributed by atoms with Crippen LogP contribution in [0.4, 0.5) is 18.0 Å². The number of nitrogens with zero attached hydrogens (tertiary/aromatic N) is 2. The molecule has 2 N–H and O–H groups in total. The summed E-state index contributed by atoms with van der Waals surface area (Å²) in [5, 5.41) is 3.57. The minimum Gasteiger partial charge on any atom is -0.445 e. The zero-order valence-electron chi connectivity index (χ0n) is 25.8. The van der Waals surface area contributed by atoms with Gasteiger partial charge in [0.25, 0.3) is 0 Å². The Balaban J connectivity index is 2.00. The van der Waals surface area contributed by atoms with Gasteiger partial charge in [0.2, 0.25) is 0 Å². The monoisotopic (exact) mass is 605 g/mol. The van der Waals surface area contributed by atoms with Gasteiger partial charge in [-0.1, -0.05) is 99.8 Å². The number of ether oxygens (including phenoxy) is 1. The maximum Gasteiger partial charge on any atom is 0.417 e. The minimum absolute atomic E-state index is 0.0376. The van der Waals surface area contributed by atoms with Crippen LogP contribution in [0.5, 0.6) is 0 Å². The molecule has 0 fully saturated rings. The third-order valence-corrected chi connectivity index (χ3v) is 6.97. The molecule has 0 aliphatic carbocycles. The van der Waals surface area contributed by atoms with Crippen LogP contribution in [-0.2, 0) is 28.9 Å². The lowest BCUT2D eigenvalue weighted by atomic mass is 10.0. The molecule has 0 aliphatic rings. The number of amides is 1. The van der Waals surface area contributed by atoms with Crippen molar-refractivity contribution in [1.29, 1.82) is 0 Å². The van der Waals surface area contributed by atoms with Gasteiger partial charge in [0.1, 0.15) is 12.4 Å². The van der Waals surface area contributed by atoms with Gasteiger partial charge in [-0.15, -0.1) is 0 Å². The number of alkyl halides is 3. The van der Waals surface area contributed by atoms with Crippen LogP contribution < -0.4 is 5.73 Å². The Hall–Kier alpha value is -3.56. The highest BCUT2D eigenvalue weighted by Gasteiger charge is 2.36. The maximum absolute atomic E-state index is 13.7. The highest BCUT2D eigenvalue weighted by Crippen LogP contribution is 2.33. The van der Waals surface area contributed by atoms with E-state index in [4.69, 9.17) is 15.3 Å². The first-order valence-electron chi connectivity index (χ1n) is 15.0. The predicted molar refractivity (Wildman–Crippen MR) is 162 cm³/mol. The number of halogens is 3. The number of nitrogens with two attached hydrogens (primary N) is 1. The number of unbranched alkanes of at least 4 members (excludes halogenated alkanes) is 8. The topological polar surface area (TPSA) is 94.2 Å². The molecule has 0 atom stereocenters. The van der Waals surface area contributed by atoms with E-state index in [1.54, 1.807) is 0 Å². The molecule has 238 valence electrons. The van der Waals surface area contributed by atoms with Crippen molar-refractivity contribution in [3.8, 4) is 0 Å². The molecule has 1 amide bonds. The van der Waals surface area contributed by atoms with Gasteiger partial charge in [-0.3, -0.25) is 4.90 Å². The van der Waals surface area contributed by atoms with Gasteiger partial charge in [0, 0.05) is 18.5 Å². The third-order valence-electron chi connectivity index (χ3n) is 6.97. The smallest absolute Gasteiger partial charge is 0.417 e. The van der Waals surface area contributed by atoms with E-state index in [9.17, 15) is 22.8 Å². The van der Waals surface area contributed by atoms with Crippen LogP contribution in [0.2, 0.25) is 0 Å². The lowest BCUT2D eigenvalue weighted by Gasteiger charge is -2.34. The number of carbonyl (C=O) groups is 2. The van der Waals surface area contributed by atoms with Gasteiger partial charge >= 0.3 is 18.2 Å². The van der Waals surface area contributed by atoms with E-state index in [2.05, 4.69) is 12.1 Å². The highest BCUT2D eigenvalue weighted by atomic mass is 19.4. The lowest BCUT2D eigenvalue weighted by Crippen LogP contribution is -2.45. The summed E-state index contributed by atoms with van der Waals surface area (Å²) in [6.07, 6.45) is 4.98. The van der Waals surface area contributed by atoms with Gasteiger partial charge in [0.15, 0.2) is 0 Å². The Morgan fingerprint density at radius 2 is 1.47 bits per heavy atom. The summed E-state index contributed by atoms with van der Waals surface area (Å²) in [4.78, 5) is 32.0. The number of oxime groups is 1. The fourth-order valence-electron chi connectivity index (χ4n) is 4.47. The van der Waals surface area contributed by atoms with E-state index < -0.39 is 34.9 Å². The molecule has 7 nitrogen and oxygen atoms in total. The van der Waals surface area contributed by atoms with Crippen LogP contribution in [0.25, 0.3) is 0 Å². The van der Waals surface area contributed by atoms with E-state index in [1.165, 1.54) is 37.0 Å². The molecule has 2 aromatic carbocycles. The third kappa shape index (κ3) is 13.1. The molecule has 0 bridgehead atoms. The number of benzene rings is 2. The van der Waals surface area contributed by atoms with Crippen molar-refractivity contribution in [3.63, 3.8) is 0 Å². The zero-order chi connectivity index (χ0) is 31.9. The summed E-state index contributed by atoms with van der Waals surface area (Å²) in [5.41, 5.74) is 4.41. The van der Waals surface area contributed by atoms with Crippen LogP contribution in [0.1, 0.15) is 119 Å². The fourth-order valence-corrected chi connectivity index (χ4v) is 4.47. The number of rotatable bonds is 16. The van der Waals surface area contributed by atoms with Gasteiger partial charge in [-0.25, -0.2) is 9.59 Å². The summed E-state index contributed by atoms with van der Waals surface area (Å²) < 4.78 is 46.5. The van der Waals surface area contributed by atoms with Crippen molar-refractivity contribution < 1.29 is 32.3 Å². The second-order valence-electron chi connectivity index (χ2n) is 11.7. The van der Waals surface area contributed by atoms with Crippen molar-refractivity contribution in [1.82, 2.24) is 4.90 Å². The molecule has 0 spiro atoms. The summed E-state index contributed by atoms with van der Waals surface area (Å²) in [5.74, 6) is -1.26. The molecule has 0 aromatic heterocycles. The lowest BCUT2D eigenvalue weighted by molar-refractivity contribution is -0.138. The normalized spacial score (nSPS) is 12.2. The van der Waals surface area contributed by atoms with Gasteiger partial charge in [-0.2, -0.15) is 13.2 Å². The maximum atomic E-state index is 13.7. The van der Waals surface area contributed by atoms with Crippen molar-refractivity contribution >= 4 is 17.9 Å². The van der Waals surface area contributed by atoms with Crippen molar-refractivity contribution in [2.75, 3.05) is 0 Å². The van der Waals surface area contributed by atoms with Gasteiger partial charge in [-0.05, 0) is 50.5 Å². The van der Waals surface area contributed by atoms with Crippen molar-refractivity contribution in [2.45, 2.75) is 117 Å². The molecule has 2 rings (SSSR count). The highest BCUT2D eigenvalue weighted by molar-refractivity contribution is 5.92. The van der Waals surface area contributed by atoms with Crippen LogP contribution in [-0.4, -0.2) is 28.3 Å². The summed E-state index contributed by atoms with van der Waals surface area (Å²) in [7, 11) is 0. The Kier molecular flexibility index (Phi) is 14.5. The van der Waals surface area contributed by atoms with E-state index in [1.807, 2.05) is 51.1 Å². The first-order valence-corrected chi connectivity index (χ1v) is 15.0. The zero-order valence-corrected chi connectivity index (χ0v) is 25.8. The number of hydrogen-bond donors (Lipinski definition) is 1. The standard InChI is InChI=1S/C33H46F3N3O4/c1-5-6-7-8-9-10-11-12-16-19-29(37)38-43-30(40)27-22-26(20-21-28(27)33(34,35)36)24-42-31(41)39(32(2,3)4)23-25-17-14-13-15-18-25/h13-15,17-18,20-22H,5-12,16,19,23-24H2,1-4H3,(H2,37,38). The Morgan fingerprint density at radius 1 is 0.860 bits per heavy atom. The van der Waals surface area contributed by atoms with E-state index in [0.717, 1.165) is 49.4 Å². The molecule has 2 aromatic rings. The molecular formula is C33H46F3N3O4. The second-order valence-corrected chi connectivity index (χ2v) is 11.7. The average Bonchev–Trinajstić information content (AvgIpc) is 2.95. The molecule has 0 saturated carbocycles. The SMILES string of the molecule is CCCCCCCCCCCC(N)=NOC(=O)c1cc(COC(=O)N(Cc2ccccc2)C(C)(C)C)ccc1C(F)(F)F. The number of carbonyl (C=O) groups excluding carboxylic acids is 2. The molecule has 0 unspecified atom stereocenters. The van der Waals surface area contributed by atoms with E-state index in [-0.39, 0.29) is 24.6 Å². The second kappa shape index (κ2) is 17.5. The number of hydrogen-bond acceptors (Lipinski definition) is 5. The molecule has 0 heterocycles. The summed E-state index contributed by atoms with van der Waals surface area (Å²) in [6, 6.07) is 12.3. The summed E-state index contributed by atoms with van der Waals surface area (Å²) >= 11 is 0. The Labute approximate surface area is 253 Å². The fraction of sp³-hybridized carbons (Fsp3) is 0.545. The van der Waals surface area contributed by atoms with E-state index >= 15 is 0 Å². The Morgan fingerprint density at radius 3 is 2.05 bits per heavy atom. The van der Waals surface area contributed by atoms with Gasteiger partial charge < -0.3 is 15.3 Å². The van der Waals surface area contributed by atoms with Crippen LogP contribution in [0.15, 0.2) is 53.7 Å². The largest absolute Gasteiger partial charge is 0.445 e. The quantitative estimate of drug-likeness (QED) is 0.0678. The van der Waals surface area contributed by atoms with Crippen LogP contribution in [0, 0.1) is 0 Å². The van der Waals surface area contributed by atoms with Crippen molar-refractivity contribution in [2.24, 2.45) is 10.9 Å². The van der Waals surface area contributed by atoms with Crippen LogP contribution in [0.3, 0.4) is 0 Å². The molecule has 43 heavy (non-hydrogen) atoms. The molecule has 0 saturated heterocycles. The van der Waals surface area contributed by atoms with Crippen molar-refractivity contribution in [3.05, 3.63) is 70.8 Å². The molecule has 0 radical (unpaired) electrons. The summed E-state index contributed by atoms with van der Waals surface area (Å²) in [6.45, 7) is 7.68. The Bertz CT molecular complexity index is 1180. The first-order chi connectivity index (χ1) is 20.3. The molecule has 10 heteroatoms. The molecule has 0 aliphatic heterocycles. The van der Waals surface area contributed by atoms with E-state index in [0.29, 0.717) is 6.42 Å². The predicted octanol–water partition coefficient (Wildman–Crippen LogP) is 8.99.